The predicted molar refractivity (Wildman–Crippen MR) is 145 cm³/mol. The van der Waals surface area contributed by atoms with Crippen molar-refractivity contribution >= 4 is 11.9 Å². The molecule has 1 atom stereocenters. The van der Waals surface area contributed by atoms with Crippen LogP contribution in [0.5, 0.6) is 5.75 Å². The van der Waals surface area contributed by atoms with Crippen LogP contribution in [0.4, 0.5) is 4.79 Å². The third-order valence-corrected chi connectivity index (χ3v) is 6.83. The first-order chi connectivity index (χ1) is 18.0. The van der Waals surface area contributed by atoms with Crippen LogP contribution >= 0.6 is 0 Å². The number of aromatic nitrogens is 1. The standard InChI is InChI=1S/C30H36N4O3/c1-4-37-27-13-9-8-12-25(27)20-31-29(35)26-15-14-21(2)32-28(26)24-16-18-34(19-17-24)30(36)33-22(3)23-10-6-5-7-11-23/h5-15,22,24H,4,16-20H2,1-3H3,(H,31,35)(H,33,36). The second-order valence-corrected chi connectivity index (χ2v) is 9.45. The summed E-state index contributed by atoms with van der Waals surface area (Å²) in [6.07, 6.45) is 1.52. The quantitative estimate of drug-likeness (QED) is 0.436. The number of para-hydroxylation sites is 1. The minimum atomic E-state index is -0.148. The van der Waals surface area contributed by atoms with Gasteiger partial charge in [-0.05, 0) is 57.4 Å². The highest BCUT2D eigenvalue weighted by Gasteiger charge is 2.28. The number of piperidine rings is 1. The first-order valence-electron chi connectivity index (χ1n) is 13.0. The van der Waals surface area contributed by atoms with Gasteiger partial charge in [0, 0.05) is 36.8 Å². The molecule has 1 aromatic heterocycles. The van der Waals surface area contributed by atoms with Crippen molar-refractivity contribution in [2.24, 2.45) is 0 Å². The minimum absolute atomic E-state index is 0.0575. The summed E-state index contributed by atoms with van der Waals surface area (Å²) in [5.74, 6) is 0.748. The van der Waals surface area contributed by atoms with Gasteiger partial charge in [0.05, 0.1) is 23.9 Å². The predicted octanol–water partition coefficient (Wildman–Crippen LogP) is 5.37. The Hall–Kier alpha value is -3.87. The van der Waals surface area contributed by atoms with E-state index in [1.165, 1.54) is 0 Å². The lowest BCUT2D eigenvalue weighted by Gasteiger charge is -2.33. The summed E-state index contributed by atoms with van der Waals surface area (Å²) >= 11 is 0. The van der Waals surface area contributed by atoms with E-state index in [9.17, 15) is 9.59 Å². The first-order valence-corrected chi connectivity index (χ1v) is 13.0. The third kappa shape index (κ3) is 6.67. The van der Waals surface area contributed by atoms with E-state index < -0.39 is 0 Å². The summed E-state index contributed by atoms with van der Waals surface area (Å²) in [6.45, 7) is 8.07. The second-order valence-electron chi connectivity index (χ2n) is 9.45. The molecule has 1 unspecified atom stereocenters. The van der Waals surface area contributed by atoms with Crippen molar-refractivity contribution in [1.82, 2.24) is 20.5 Å². The van der Waals surface area contributed by atoms with Crippen LogP contribution < -0.4 is 15.4 Å². The maximum Gasteiger partial charge on any atom is 0.317 e. The fraction of sp³-hybridized carbons (Fsp3) is 0.367. The van der Waals surface area contributed by atoms with Gasteiger partial charge in [-0.1, -0.05) is 48.5 Å². The number of nitrogens with one attached hydrogen (secondary N) is 2. The normalized spacial score (nSPS) is 14.6. The summed E-state index contributed by atoms with van der Waals surface area (Å²) in [5.41, 5.74) is 4.30. The molecular formula is C30H36N4O3. The van der Waals surface area contributed by atoms with E-state index in [0.717, 1.165) is 41.1 Å². The SMILES string of the molecule is CCOc1ccccc1CNC(=O)c1ccc(C)nc1C1CCN(C(=O)NC(C)c2ccccc2)CC1. The molecule has 37 heavy (non-hydrogen) atoms. The maximum atomic E-state index is 13.2. The Kier molecular flexibility index (Phi) is 8.77. The van der Waals surface area contributed by atoms with E-state index >= 15 is 0 Å². The summed E-state index contributed by atoms with van der Waals surface area (Å²) in [7, 11) is 0. The Morgan fingerprint density at radius 3 is 2.46 bits per heavy atom. The van der Waals surface area contributed by atoms with E-state index in [0.29, 0.717) is 31.8 Å². The van der Waals surface area contributed by atoms with Gasteiger partial charge in [0.2, 0.25) is 0 Å². The highest BCUT2D eigenvalue weighted by atomic mass is 16.5. The molecule has 2 aromatic carbocycles. The van der Waals surface area contributed by atoms with E-state index in [1.807, 2.05) is 92.4 Å². The van der Waals surface area contributed by atoms with Gasteiger partial charge in [-0.2, -0.15) is 0 Å². The molecule has 0 saturated carbocycles. The topological polar surface area (TPSA) is 83.6 Å². The number of carbonyl (C=O) groups is 2. The van der Waals surface area contributed by atoms with Crippen molar-refractivity contribution < 1.29 is 14.3 Å². The largest absolute Gasteiger partial charge is 0.494 e. The van der Waals surface area contributed by atoms with Crippen LogP contribution in [0.25, 0.3) is 0 Å². The van der Waals surface area contributed by atoms with Gasteiger partial charge < -0.3 is 20.3 Å². The Morgan fingerprint density at radius 1 is 1.03 bits per heavy atom. The van der Waals surface area contributed by atoms with Gasteiger partial charge in [0.25, 0.3) is 5.91 Å². The summed E-state index contributed by atoms with van der Waals surface area (Å²) in [5, 5.41) is 6.15. The lowest BCUT2D eigenvalue weighted by atomic mass is 9.90. The fourth-order valence-electron chi connectivity index (χ4n) is 4.75. The zero-order chi connectivity index (χ0) is 26.2. The molecular weight excluding hydrogens is 464 g/mol. The summed E-state index contributed by atoms with van der Waals surface area (Å²) in [4.78, 5) is 32.7. The zero-order valence-electron chi connectivity index (χ0n) is 21.9. The van der Waals surface area contributed by atoms with Gasteiger partial charge >= 0.3 is 6.03 Å². The maximum absolute atomic E-state index is 13.2. The molecule has 0 radical (unpaired) electrons. The molecule has 3 aromatic rings. The van der Waals surface area contributed by atoms with Gasteiger partial charge in [0.1, 0.15) is 5.75 Å². The molecule has 1 fully saturated rings. The van der Waals surface area contributed by atoms with Crippen LogP contribution in [0, 0.1) is 6.92 Å². The Labute approximate surface area is 219 Å². The number of carbonyl (C=O) groups excluding carboxylic acids is 2. The monoisotopic (exact) mass is 500 g/mol. The number of hydrogen-bond acceptors (Lipinski definition) is 4. The van der Waals surface area contributed by atoms with E-state index in [-0.39, 0.29) is 23.9 Å². The second kappa shape index (κ2) is 12.4. The highest BCUT2D eigenvalue weighted by molar-refractivity contribution is 5.95. The summed E-state index contributed by atoms with van der Waals surface area (Å²) in [6, 6.07) is 21.3. The third-order valence-electron chi connectivity index (χ3n) is 6.83. The van der Waals surface area contributed by atoms with Crippen LogP contribution in [0.15, 0.2) is 66.7 Å². The Balaban J connectivity index is 1.38. The van der Waals surface area contributed by atoms with Gasteiger partial charge in [-0.25, -0.2) is 4.79 Å². The number of likely N-dealkylation sites (tertiary alicyclic amines) is 1. The molecule has 0 bridgehead atoms. The van der Waals surface area contributed by atoms with E-state index in [1.54, 1.807) is 0 Å². The lowest BCUT2D eigenvalue weighted by molar-refractivity contribution is 0.0947. The van der Waals surface area contributed by atoms with Crippen molar-refractivity contribution in [2.75, 3.05) is 19.7 Å². The molecule has 1 saturated heterocycles. The molecule has 1 aliphatic heterocycles. The number of rotatable bonds is 8. The number of benzene rings is 2. The van der Waals surface area contributed by atoms with Gasteiger partial charge in [0.15, 0.2) is 0 Å². The molecule has 7 heteroatoms. The van der Waals surface area contributed by atoms with Crippen LogP contribution in [0.1, 0.15) is 71.5 Å². The zero-order valence-corrected chi connectivity index (χ0v) is 21.9. The minimum Gasteiger partial charge on any atom is -0.494 e. The molecule has 0 spiro atoms. The molecule has 3 amide bonds. The lowest BCUT2D eigenvalue weighted by Crippen LogP contribution is -2.45. The number of hydrogen-bond donors (Lipinski definition) is 2. The average Bonchev–Trinajstić information content (AvgIpc) is 2.93. The van der Waals surface area contributed by atoms with Gasteiger partial charge in [-0.15, -0.1) is 0 Å². The molecule has 194 valence electrons. The molecule has 7 nitrogen and oxygen atoms in total. The first kappa shape index (κ1) is 26.2. The van der Waals surface area contributed by atoms with Crippen molar-refractivity contribution in [3.05, 3.63) is 94.8 Å². The molecule has 0 aliphatic carbocycles. The number of urea groups is 1. The van der Waals surface area contributed by atoms with Crippen LogP contribution in [-0.4, -0.2) is 41.5 Å². The number of amides is 3. The fourth-order valence-corrected chi connectivity index (χ4v) is 4.75. The average molecular weight is 501 g/mol. The van der Waals surface area contributed by atoms with Crippen molar-refractivity contribution in [2.45, 2.75) is 52.1 Å². The van der Waals surface area contributed by atoms with Crippen LogP contribution in [0.3, 0.4) is 0 Å². The highest BCUT2D eigenvalue weighted by Crippen LogP contribution is 2.30. The number of pyridine rings is 1. The Morgan fingerprint density at radius 2 is 1.73 bits per heavy atom. The number of aryl methyl sites for hydroxylation is 1. The van der Waals surface area contributed by atoms with Crippen LogP contribution in [-0.2, 0) is 6.54 Å². The number of nitrogens with zero attached hydrogens (tertiary/aromatic N) is 2. The smallest absolute Gasteiger partial charge is 0.317 e. The van der Waals surface area contributed by atoms with Crippen molar-refractivity contribution in [3.8, 4) is 5.75 Å². The molecule has 2 N–H and O–H groups in total. The van der Waals surface area contributed by atoms with E-state index in [4.69, 9.17) is 9.72 Å². The molecule has 4 rings (SSSR count). The van der Waals surface area contributed by atoms with Crippen molar-refractivity contribution in [3.63, 3.8) is 0 Å². The Bertz CT molecular complexity index is 1210. The molecule has 1 aliphatic rings. The van der Waals surface area contributed by atoms with E-state index in [2.05, 4.69) is 10.6 Å². The summed E-state index contributed by atoms with van der Waals surface area (Å²) < 4.78 is 5.69. The number of ether oxygens (including phenoxy) is 1. The van der Waals surface area contributed by atoms with Crippen molar-refractivity contribution in [1.29, 1.82) is 0 Å². The molecule has 2 heterocycles. The van der Waals surface area contributed by atoms with Gasteiger partial charge in [-0.3, -0.25) is 9.78 Å². The van der Waals surface area contributed by atoms with Crippen LogP contribution in [0.2, 0.25) is 0 Å².